The van der Waals surface area contributed by atoms with Crippen LogP contribution in [0.15, 0.2) is 41.8 Å². The van der Waals surface area contributed by atoms with Crippen molar-refractivity contribution in [3.8, 4) is 0 Å². The van der Waals surface area contributed by atoms with Gasteiger partial charge >= 0.3 is 0 Å². The Kier molecular flexibility index (Phi) is 6.35. The molecule has 1 aromatic heterocycles. The minimum atomic E-state index is -0.495. The fourth-order valence-corrected chi connectivity index (χ4v) is 3.66. The largest absolute Gasteiger partial charge is 0.355 e. The molecular weight excluding hydrogens is 353 g/mol. The second kappa shape index (κ2) is 8.91. The molecule has 3 rings (SSSR count). The van der Waals surface area contributed by atoms with Gasteiger partial charge < -0.3 is 10.2 Å². The van der Waals surface area contributed by atoms with Gasteiger partial charge in [0.15, 0.2) is 0 Å². The van der Waals surface area contributed by atoms with E-state index in [2.05, 4.69) is 11.4 Å². The number of amides is 2. The van der Waals surface area contributed by atoms with Gasteiger partial charge in [-0.25, -0.2) is 4.39 Å². The first-order chi connectivity index (χ1) is 12.6. The van der Waals surface area contributed by atoms with Crippen molar-refractivity contribution < 1.29 is 14.0 Å². The Morgan fingerprint density at radius 1 is 1.08 bits per heavy atom. The summed E-state index contributed by atoms with van der Waals surface area (Å²) < 4.78 is 13.8. The lowest BCUT2D eigenvalue weighted by Crippen LogP contribution is -2.51. The predicted octanol–water partition coefficient (Wildman–Crippen LogP) is 2.00. The zero-order valence-corrected chi connectivity index (χ0v) is 15.3. The van der Waals surface area contributed by atoms with Crippen molar-refractivity contribution in [3.63, 3.8) is 0 Å². The molecule has 0 bridgehead atoms. The standard InChI is InChI=1S/C19H22FN3O2S/c20-17-6-2-1-5-16(17)19(25)23-11-9-22(10-12-23)14-18(24)21-8-7-15-4-3-13-26-15/h1-6,13H,7-12,14H2,(H,21,24). The number of carbonyl (C=O) groups excluding carboxylic acids is 2. The number of halogens is 1. The summed E-state index contributed by atoms with van der Waals surface area (Å²) in [6.07, 6.45) is 0.842. The summed E-state index contributed by atoms with van der Waals surface area (Å²) in [5.41, 5.74) is 0.104. The first-order valence-corrected chi connectivity index (χ1v) is 9.56. The molecular formula is C19H22FN3O2S. The number of benzene rings is 1. The maximum Gasteiger partial charge on any atom is 0.256 e. The van der Waals surface area contributed by atoms with Gasteiger partial charge in [0.1, 0.15) is 5.82 Å². The van der Waals surface area contributed by atoms with Crippen LogP contribution in [0.25, 0.3) is 0 Å². The molecule has 2 heterocycles. The van der Waals surface area contributed by atoms with Gasteiger partial charge in [-0.1, -0.05) is 18.2 Å². The minimum absolute atomic E-state index is 0.00423. The average Bonchev–Trinajstić information content (AvgIpc) is 3.16. The second-order valence-electron chi connectivity index (χ2n) is 6.23. The zero-order valence-electron chi connectivity index (χ0n) is 14.5. The summed E-state index contributed by atoms with van der Waals surface area (Å²) in [7, 11) is 0. The highest BCUT2D eigenvalue weighted by Crippen LogP contribution is 2.12. The van der Waals surface area contributed by atoms with Gasteiger partial charge in [-0.3, -0.25) is 14.5 Å². The van der Waals surface area contributed by atoms with E-state index in [9.17, 15) is 14.0 Å². The van der Waals surface area contributed by atoms with Gasteiger partial charge in [0, 0.05) is 37.6 Å². The first kappa shape index (κ1) is 18.5. The number of carbonyl (C=O) groups is 2. The summed E-state index contributed by atoms with van der Waals surface area (Å²) in [4.78, 5) is 29.4. The van der Waals surface area contributed by atoms with E-state index in [1.165, 1.54) is 17.0 Å². The molecule has 2 aromatic rings. The molecule has 1 aliphatic heterocycles. The van der Waals surface area contributed by atoms with E-state index in [1.807, 2.05) is 16.3 Å². The summed E-state index contributed by atoms with van der Waals surface area (Å²) in [5, 5.41) is 4.96. The molecule has 5 nitrogen and oxygen atoms in total. The van der Waals surface area contributed by atoms with E-state index < -0.39 is 5.82 Å². The number of nitrogens with one attached hydrogen (secondary N) is 1. The van der Waals surface area contributed by atoms with Gasteiger partial charge in [0.2, 0.25) is 5.91 Å². The quantitative estimate of drug-likeness (QED) is 0.840. The average molecular weight is 375 g/mol. The molecule has 2 amide bonds. The number of thiophene rings is 1. The van der Waals surface area contributed by atoms with E-state index in [4.69, 9.17) is 0 Å². The van der Waals surface area contributed by atoms with Crippen LogP contribution in [0.1, 0.15) is 15.2 Å². The van der Waals surface area contributed by atoms with Crippen LogP contribution in [0.4, 0.5) is 4.39 Å². The Bertz CT molecular complexity index is 743. The van der Waals surface area contributed by atoms with Crippen molar-refractivity contribution in [2.75, 3.05) is 39.3 Å². The number of hydrogen-bond acceptors (Lipinski definition) is 4. The molecule has 0 unspecified atom stereocenters. The highest BCUT2D eigenvalue weighted by molar-refractivity contribution is 7.09. The molecule has 1 aliphatic rings. The van der Waals surface area contributed by atoms with E-state index in [0.29, 0.717) is 39.3 Å². The van der Waals surface area contributed by atoms with Crippen molar-refractivity contribution in [2.45, 2.75) is 6.42 Å². The summed E-state index contributed by atoms with van der Waals surface area (Å²) in [5.74, 6) is -0.788. The fraction of sp³-hybridized carbons (Fsp3) is 0.368. The van der Waals surface area contributed by atoms with E-state index >= 15 is 0 Å². The smallest absolute Gasteiger partial charge is 0.256 e. The molecule has 7 heteroatoms. The van der Waals surface area contributed by atoms with Crippen LogP contribution in [-0.4, -0.2) is 60.9 Å². The van der Waals surface area contributed by atoms with Crippen molar-refractivity contribution >= 4 is 23.2 Å². The summed E-state index contributed by atoms with van der Waals surface area (Å²) in [6, 6.07) is 10.1. The highest BCUT2D eigenvalue weighted by Gasteiger charge is 2.24. The maximum absolute atomic E-state index is 13.8. The maximum atomic E-state index is 13.8. The number of nitrogens with zero attached hydrogens (tertiary/aromatic N) is 2. The van der Waals surface area contributed by atoms with Gasteiger partial charge in [-0.05, 0) is 30.0 Å². The topological polar surface area (TPSA) is 52.7 Å². The highest BCUT2D eigenvalue weighted by atomic mass is 32.1. The van der Waals surface area contributed by atoms with Crippen LogP contribution < -0.4 is 5.32 Å². The van der Waals surface area contributed by atoms with Crippen LogP contribution in [0, 0.1) is 5.82 Å². The monoisotopic (exact) mass is 375 g/mol. The molecule has 26 heavy (non-hydrogen) atoms. The molecule has 1 aromatic carbocycles. The Morgan fingerprint density at radius 2 is 1.85 bits per heavy atom. The van der Waals surface area contributed by atoms with Crippen LogP contribution in [0.5, 0.6) is 0 Å². The normalized spacial score (nSPS) is 15.0. The Morgan fingerprint density at radius 3 is 2.54 bits per heavy atom. The molecule has 1 fully saturated rings. The predicted molar refractivity (Wildman–Crippen MR) is 99.8 cm³/mol. The van der Waals surface area contributed by atoms with Crippen LogP contribution >= 0.6 is 11.3 Å². The van der Waals surface area contributed by atoms with Crippen molar-refractivity contribution in [2.24, 2.45) is 0 Å². The lowest BCUT2D eigenvalue weighted by atomic mass is 10.1. The SMILES string of the molecule is O=C(CN1CCN(C(=O)c2ccccc2F)CC1)NCCc1cccs1. The third kappa shape index (κ3) is 4.89. The van der Waals surface area contributed by atoms with Crippen molar-refractivity contribution in [3.05, 3.63) is 58.0 Å². The van der Waals surface area contributed by atoms with Crippen LogP contribution in [-0.2, 0) is 11.2 Å². The van der Waals surface area contributed by atoms with Crippen molar-refractivity contribution in [1.82, 2.24) is 15.1 Å². The number of rotatable bonds is 6. The Balaban J connectivity index is 1.40. The molecule has 0 atom stereocenters. The molecule has 0 spiro atoms. The fourth-order valence-electron chi connectivity index (χ4n) is 2.95. The van der Waals surface area contributed by atoms with Gasteiger partial charge in [0.05, 0.1) is 12.1 Å². The van der Waals surface area contributed by atoms with E-state index in [-0.39, 0.29) is 17.4 Å². The van der Waals surface area contributed by atoms with Crippen molar-refractivity contribution in [1.29, 1.82) is 0 Å². The van der Waals surface area contributed by atoms with Gasteiger partial charge in [-0.2, -0.15) is 0 Å². The summed E-state index contributed by atoms with van der Waals surface area (Å²) in [6.45, 7) is 3.17. The summed E-state index contributed by atoms with van der Waals surface area (Å²) >= 11 is 1.69. The van der Waals surface area contributed by atoms with E-state index in [0.717, 1.165) is 6.42 Å². The molecule has 1 saturated heterocycles. The van der Waals surface area contributed by atoms with E-state index in [1.54, 1.807) is 28.4 Å². The minimum Gasteiger partial charge on any atom is -0.355 e. The van der Waals surface area contributed by atoms with Crippen LogP contribution in [0.2, 0.25) is 0 Å². The lowest BCUT2D eigenvalue weighted by molar-refractivity contribution is -0.122. The first-order valence-electron chi connectivity index (χ1n) is 8.69. The molecule has 0 aliphatic carbocycles. The van der Waals surface area contributed by atoms with Gasteiger partial charge in [-0.15, -0.1) is 11.3 Å². The lowest BCUT2D eigenvalue weighted by Gasteiger charge is -2.34. The number of piperazine rings is 1. The Hall–Kier alpha value is -2.25. The third-order valence-corrected chi connectivity index (χ3v) is 5.34. The molecule has 1 N–H and O–H groups in total. The zero-order chi connectivity index (χ0) is 18.4. The van der Waals surface area contributed by atoms with Gasteiger partial charge in [0.25, 0.3) is 5.91 Å². The third-order valence-electron chi connectivity index (χ3n) is 4.40. The molecule has 0 saturated carbocycles. The number of hydrogen-bond donors (Lipinski definition) is 1. The molecule has 138 valence electrons. The van der Waals surface area contributed by atoms with Crippen LogP contribution in [0.3, 0.4) is 0 Å². The molecule has 0 radical (unpaired) electrons. The Labute approximate surface area is 156 Å². The second-order valence-corrected chi connectivity index (χ2v) is 7.26.